The molecule has 5 heteroatoms. The molecule has 2 unspecified atom stereocenters. The van der Waals surface area contributed by atoms with Crippen molar-refractivity contribution in [2.45, 2.75) is 38.6 Å². The predicted octanol–water partition coefficient (Wildman–Crippen LogP) is 0.995. The van der Waals surface area contributed by atoms with Gasteiger partial charge in [0.15, 0.2) is 0 Å². The van der Waals surface area contributed by atoms with Crippen LogP contribution < -0.4 is 5.73 Å². The van der Waals surface area contributed by atoms with Crippen LogP contribution in [0, 0.1) is 5.92 Å². The van der Waals surface area contributed by atoms with Gasteiger partial charge in [-0.25, -0.2) is 0 Å². The van der Waals surface area contributed by atoms with Gasteiger partial charge >= 0.3 is 0 Å². The largest absolute Gasteiger partial charge is 0.393 e. The lowest BCUT2D eigenvalue weighted by Gasteiger charge is -2.32. The Bertz CT molecular complexity index is 328. The third-order valence-corrected chi connectivity index (χ3v) is 4.53. The van der Waals surface area contributed by atoms with Crippen LogP contribution in [-0.2, 0) is 4.79 Å². The molecule has 2 rings (SSSR count). The predicted molar refractivity (Wildman–Crippen MR) is 76.4 cm³/mol. The van der Waals surface area contributed by atoms with Crippen LogP contribution in [0.3, 0.4) is 0 Å². The zero-order valence-electron chi connectivity index (χ0n) is 11.1. The van der Waals surface area contributed by atoms with E-state index in [4.69, 9.17) is 18.0 Å². The van der Waals surface area contributed by atoms with E-state index in [-0.39, 0.29) is 11.8 Å². The molecule has 1 amide bonds. The summed E-state index contributed by atoms with van der Waals surface area (Å²) in [6.07, 6.45) is 5.04. The van der Waals surface area contributed by atoms with Crippen molar-refractivity contribution in [2.75, 3.05) is 26.2 Å². The van der Waals surface area contributed by atoms with Crippen LogP contribution in [0.1, 0.15) is 32.6 Å². The summed E-state index contributed by atoms with van der Waals surface area (Å²) in [5.41, 5.74) is 5.56. The van der Waals surface area contributed by atoms with Crippen LogP contribution in [-0.4, -0.2) is 52.9 Å². The lowest BCUT2D eigenvalue weighted by Crippen LogP contribution is -2.43. The number of carbonyl (C=O) groups excluding carboxylic acids is 1. The second-order valence-electron chi connectivity index (χ2n) is 5.45. The van der Waals surface area contributed by atoms with E-state index in [0.29, 0.717) is 11.0 Å². The fourth-order valence-corrected chi connectivity index (χ4v) is 3.02. The van der Waals surface area contributed by atoms with Gasteiger partial charge in [-0.15, -0.1) is 0 Å². The van der Waals surface area contributed by atoms with E-state index < -0.39 is 0 Å². The van der Waals surface area contributed by atoms with Crippen molar-refractivity contribution in [3.8, 4) is 0 Å². The third-order valence-electron chi connectivity index (χ3n) is 4.18. The monoisotopic (exact) mass is 269 g/mol. The second kappa shape index (κ2) is 5.97. The molecule has 0 saturated carbocycles. The molecule has 0 aromatic heterocycles. The molecule has 2 saturated heterocycles. The van der Waals surface area contributed by atoms with Gasteiger partial charge in [0, 0.05) is 19.1 Å². The summed E-state index contributed by atoms with van der Waals surface area (Å²) in [6.45, 7) is 5.90. The van der Waals surface area contributed by atoms with Crippen LogP contribution in [0.4, 0.5) is 0 Å². The molecule has 4 nitrogen and oxygen atoms in total. The lowest BCUT2D eigenvalue weighted by molar-refractivity contribution is -0.132. The first-order valence-electron chi connectivity index (χ1n) is 6.91. The Hall–Kier alpha value is -0.680. The van der Waals surface area contributed by atoms with Crippen molar-refractivity contribution in [3.63, 3.8) is 0 Å². The number of amides is 1. The van der Waals surface area contributed by atoms with Crippen LogP contribution in [0.2, 0.25) is 0 Å². The Labute approximate surface area is 114 Å². The SMILES string of the molecule is CC(C(=O)N1CCC(N2CCCCC2)C1)C(N)=S. The van der Waals surface area contributed by atoms with Gasteiger partial charge in [0.2, 0.25) is 5.91 Å². The van der Waals surface area contributed by atoms with Crippen molar-refractivity contribution < 1.29 is 4.79 Å². The maximum atomic E-state index is 12.2. The van der Waals surface area contributed by atoms with E-state index in [2.05, 4.69) is 4.90 Å². The van der Waals surface area contributed by atoms with Crippen molar-refractivity contribution in [3.05, 3.63) is 0 Å². The summed E-state index contributed by atoms with van der Waals surface area (Å²) in [5.74, 6) is -0.220. The number of hydrogen-bond acceptors (Lipinski definition) is 3. The molecule has 2 aliphatic rings. The molecule has 0 aromatic rings. The minimum Gasteiger partial charge on any atom is -0.393 e. The van der Waals surface area contributed by atoms with Gasteiger partial charge < -0.3 is 10.6 Å². The fraction of sp³-hybridized carbons (Fsp3) is 0.846. The Kier molecular flexibility index (Phi) is 4.56. The van der Waals surface area contributed by atoms with Gasteiger partial charge in [0.05, 0.1) is 10.9 Å². The molecule has 2 heterocycles. The molecule has 102 valence electrons. The quantitative estimate of drug-likeness (QED) is 0.777. The van der Waals surface area contributed by atoms with Gasteiger partial charge in [0.25, 0.3) is 0 Å². The van der Waals surface area contributed by atoms with Gasteiger partial charge in [-0.3, -0.25) is 9.69 Å². The van der Waals surface area contributed by atoms with E-state index in [0.717, 1.165) is 19.5 Å². The third kappa shape index (κ3) is 3.01. The number of thiocarbonyl (C=S) groups is 1. The van der Waals surface area contributed by atoms with Gasteiger partial charge in [-0.1, -0.05) is 18.6 Å². The topological polar surface area (TPSA) is 49.6 Å². The minimum atomic E-state index is -0.319. The van der Waals surface area contributed by atoms with Crippen LogP contribution in [0.5, 0.6) is 0 Å². The highest BCUT2D eigenvalue weighted by molar-refractivity contribution is 7.80. The summed E-state index contributed by atoms with van der Waals surface area (Å²) < 4.78 is 0. The minimum absolute atomic E-state index is 0.0991. The standard InChI is InChI=1S/C13H23N3OS/c1-10(12(14)18)13(17)16-8-5-11(9-16)15-6-3-2-4-7-15/h10-11H,2-9H2,1H3,(H2,14,18). The normalized spacial score (nSPS) is 27.2. The molecular weight excluding hydrogens is 246 g/mol. The smallest absolute Gasteiger partial charge is 0.232 e. The molecule has 2 fully saturated rings. The second-order valence-corrected chi connectivity index (χ2v) is 5.92. The molecule has 0 spiro atoms. The Morgan fingerprint density at radius 2 is 1.94 bits per heavy atom. The van der Waals surface area contributed by atoms with Gasteiger partial charge in [-0.2, -0.15) is 0 Å². The van der Waals surface area contributed by atoms with Crippen molar-refractivity contribution in [1.82, 2.24) is 9.80 Å². The van der Waals surface area contributed by atoms with Gasteiger partial charge in [-0.05, 0) is 39.3 Å². The first kappa shape index (κ1) is 13.7. The highest BCUT2D eigenvalue weighted by Crippen LogP contribution is 2.21. The van der Waals surface area contributed by atoms with Crippen LogP contribution >= 0.6 is 12.2 Å². The average Bonchev–Trinajstić information content (AvgIpc) is 2.87. The highest BCUT2D eigenvalue weighted by atomic mass is 32.1. The number of rotatable bonds is 3. The van der Waals surface area contributed by atoms with Crippen molar-refractivity contribution in [1.29, 1.82) is 0 Å². The number of nitrogens with zero attached hydrogens (tertiary/aromatic N) is 2. The lowest BCUT2D eigenvalue weighted by atomic mass is 10.1. The Morgan fingerprint density at radius 3 is 2.56 bits per heavy atom. The number of nitrogens with two attached hydrogens (primary N) is 1. The van der Waals surface area contributed by atoms with E-state index in [9.17, 15) is 4.79 Å². The van der Waals surface area contributed by atoms with E-state index in [1.165, 1.54) is 32.4 Å². The Balaban J connectivity index is 1.87. The van der Waals surface area contributed by atoms with Crippen molar-refractivity contribution in [2.24, 2.45) is 11.7 Å². The van der Waals surface area contributed by atoms with Crippen LogP contribution in [0.25, 0.3) is 0 Å². The summed E-state index contributed by atoms with van der Waals surface area (Å²) in [5, 5.41) is 0. The fourth-order valence-electron chi connectivity index (χ4n) is 2.92. The molecule has 0 bridgehead atoms. The molecule has 0 aromatic carbocycles. The summed E-state index contributed by atoms with van der Waals surface area (Å²) in [4.78, 5) is 16.9. The zero-order chi connectivity index (χ0) is 13.1. The molecule has 2 N–H and O–H groups in total. The Morgan fingerprint density at radius 1 is 1.28 bits per heavy atom. The average molecular weight is 269 g/mol. The molecule has 2 aliphatic heterocycles. The summed E-state index contributed by atoms with van der Waals surface area (Å²) in [7, 11) is 0. The summed E-state index contributed by atoms with van der Waals surface area (Å²) in [6, 6.07) is 0.549. The van der Waals surface area contributed by atoms with E-state index in [1.54, 1.807) is 6.92 Å². The van der Waals surface area contributed by atoms with E-state index >= 15 is 0 Å². The molecule has 18 heavy (non-hydrogen) atoms. The van der Waals surface area contributed by atoms with Crippen molar-refractivity contribution >= 4 is 23.1 Å². The molecule has 2 atom stereocenters. The number of piperidine rings is 1. The van der Waals surface area contributed by atoms with Crippen LogP contribution in [0.15, 0.2) is 0 Å². The molecule has 0 aliphatic carbocycles. The van der Waals surface area contributed by atoms with Gasteiger partial charge in [0.1, 0.15) is 0 Å². The molecular formula is C13H23N3OS. The zero-order valence-corrected chi connectivity index (χ0v) is 11.9. The van der Waals surface area contributed by atoms with E-state index in [1.807, 2.05) is 4.90 Å². The first-order chi connectivity index (χ1) is 8.59. The first-order valence-corrected chi connectivity index (χ1v) is 7.32. The number of hydrogen-bond donors (Lipinski definition) is 1. The molecule has 0 radical (unpaired) electrons. The number of likely N-dealkylation sites (tertiary alicyclic amines) is 2. The number of carbonyl (C=O) groups is 1. The highest BCUT2D eigenvalue weighted by Gasteiger charge is 2.33. The maximum Gasteiger partial charge on any atom is 0.232 e. The maximum absolute atomic E-state index is 12.2. The summed E-state index contributed by atoms with van der Waals surface area (Å²) >= 11 is 4.90.